The molecule has 0 fully saturated rings. The van der Waals surface area contributed by atoms with Crippen LogP contribution in [-0.4, -0.2) is 14.5 Å². The van der Waals surface area contributed by atoms with Crippen molar-refractivity contribution in [3.63, 3.8) is 0 Å². The highest BCUT2D eigenvalue weighted by atomic mass is 35.5. The molecular weight excluding hydrogens is 340 g/mol. The van der Waals surface area contributed by atoms with Gasteiger partial charge in [-0.1, -0.05) is 29.8 Å². The number of aryl methyl sites for hydroxylation is 1. The summed E-state index contributed by atoms with van der Waals surface area (Å²) in [6.45, 7) is 5.45. The molecule has 3 aromatic rings. The first-order valence-corrected chi connectivity index (χ1v) is 8.50. The van der Waals surface area contributed by atoms with Crippen molar-refractivity contribution in [2.75, 3.05) is 0 Å². The average Bonchev–Trinajstić information content (AvgIpc) is 2.99. The first-order chi connectivity index (χ1) is 12.0. The molecule has 0 radical (unpaired) electrons. The number of nitrogens with zero attached hydrogens (tertiary/aromatic N) is 3. The Kier molecular flexibility index (Phi) is 5.01. The molecular formula is C18H19ClN4O2. The topological polar surface area (TPSA) is 73.0 Å². The molecule has 0 amide bonds. The van der Waals surface area contributed by atoms with Crippen molar-refractivity contribution >= 4 is 28.3 Å². The van der Waals surface area contributed by atoms with Crippen LogP contribution in [-0.2, 0) is 13.1 Å². The van der Waals surface area contributed by atoms with Gasteiger partial charge >= 0.3 is 0 Å². The fourth-order valence-corrected chi connectivity index (χ4v) is 3.11. The van der Waals surface area contributed by atoms with E-state index in [4.69, 9.17) is 16.6 Å². The zero-order valence-corrected chi connectivity index (χ0v) is 14.8. The van der Waals surface area contributed by atoms with E-state index in [1.54, 1.807) is 12.1 Å². The second-order valence-electron chi connectivity index (χ2n) is 5.85. The van der Waals surface area contributed by atoms with Crippen LogP contribution in [0.15, 0.2) is 42.5 Å². The highest BCUT2D eigenvalue weighted by Gasteiger charge is 2.16. The predicted molar refractivity (Wildman–Crippen MR) is 98.8 cm³/mol. The normalized spacial score (nSPS) is 12.4. The van der Waals surface area contributed by atoms with Gasteiger partial charge in [0.1, 0.15) is 10.8 Å². The number of hydrogen-bond acceptors (Lipinski definition) is 4. The molecule has 0 spiro atoms. The van der Waals surface area contributed by atoms with Crippen LogP contribution < -0.4 is 5.32 Å². The molecule has 0 aliphatic heterocycles. The van der Waals surface area contributed by atoms with Gasteiger partial charge in [0.05, 0.1) is 22.0 Å². The van der Waals surface area contributed by atoms with E-state index in [0.29, 0.717) is 6.54 Å². The third-order valence-electron chi connectivity index (χ3n) is 4.21. The number of imidazole rings is 1. The molecule has 2 aromatic carbocycles. The molecule has 6 nitrogen and oxygen atoms in total. The molecule has 1 heterocycles. The third kappa shape index (κ3) is 3.50. The number of para-hydroxylation sites is 2. The van der Waals surface area contributed by atoms with Crippen LogP contribution >= 0.6 is 11.6 Å². The quantitative estimate of drug-likeness (QED) is 0.521. The Labute approximate surface area is 150 Å². The van der Waals surface area contributed by atoms with E-state index >= 15 is 0 Å². The first kappa shape index (κ1) is 17.4. The van der Waals surface area contributed by atoms with E-state index in [-0.39, 0.29) is 16.8 Å². The lowest BCUT2D eigenvalue weighted by atomic mass is 10.2. The van der Waals surface area contributed by atoms with E-state index in [0.717, 1.165) is 29.0 Å². The number of aromatic nitrogens is 2. The molecule has 0 bridgehead atoms. The van der Waals surface area contributed by atoms with E-state index in [2.05, 4.69) is 22.9 Å². The van der Waals surface area contributed by atoms with Crippen molar-refractivity contribution in [2.24, 2.45) is 0 Å². The smallest absolute Gasteiger partial charge is 0.288 e. The Bertz CT molecular complexity index is 923. The number of nitro benzene ring substituents is 1. The Balaban J connectivity index is 1.80. The van der Waals surface area contributed by atoms with Crippen molar-refractivity contribution in [1.82, 2.24) is 14.9 Å². The van der Waals surface area contributed by atoms with Crippen molar-refractivity contribution < 1.29 is 4.92 Å². The maximum absolute atomic E-state index is 11.0. The fraction of sp³-hybridized carbons (Fsp3) is 0.278. The number of nitro groups is 1. The third-order valence-corrected chi connectivity index (χ3v) is 4.53. The summed E-state index contributed by atoms with van der Waals surface area (Å²) >= 11 is 5.86. The van der Waals surface area contributed by atoms with Crippen LogP contribution in [0.5, 0.6) is 0 Å². The van der Waals surface area contributed by atoms with Crippen LogP contribution in [0.4, 0.5) is 5.69 Å². The van der Waals surface area contributed by atoms with Crippen LogP contribution in [0.3, 0.4) is 0 Å². The zero-order valence-electron chi connectivity index (χ0n) is 14.1. The van der Waals surface area contributed by atoms with Gasteiger partial charge in [0, 0.05) is 19.2 Å². The average molecular weight is 359 g/mol. The molecule has 0 saturated carbocycles. The maximum Gasteiger partial charge on any atom is 0.288 e. The Hall–Kier alpha value is -2.44. The molecule has 7 heteroatoms. The number of fused-ring (bicyclic) bond motifs is 1. The summed E-state index contributed by atoms with van der Waals surface area (Å²) in [5, 5.41) is 14.5. The summed E-state index contributed by atoms with van der Waals surface area (Å²) in [5.74, 6) is 0.951. The largest absolute Gasteiger partial charge is 0.327 e. The van der Waals surface area contributed by atoms with Gasteiger partial charge in [-0.3, -0.25) is 10.1 Å². The van der Waals surface area contributed by atoms with Crippen molar-refractivity contribution in [2.45, 2.75) is 33.0 Å². The van der Waals surface area contributed by atoms with Crippen molar-refractivity contribution in [3.8, 4) is 0 Å². The molecule has 1 aromatic heterocycles. The van der Waals surface area contributed by atoms with Gasteiger partial charge in [0.2, 0.25) is 0 Å². The monoisotopic (exact) mass is 358 g/mol. The molecule has 0 aliphatic carbocycles. The standard InChI is InChI=1S/C18H19ClN4O2/c1-3-22-16-7-5-4-6-15(16)21-18(22)12(2)20-11-13-8-9-14(19)17(10-13)23(24)25/h4-10,12,20H,3,11H2,1-2H3. The zero-order chi connectivity index (χ0) is 18.0. The number of halogens is 1. The minimum Gasteiger partial charge on any atom is -0.327 e. The summed E-state index contributed by atoms with van der Waals surface area (Å²) in [5.41, 5.74) is 2.81. The van der Waals surface area contributed by atoms with E-state index in [1.807, 2.05) is 25.1 Å². The van der Waals surface area contributed by atoms with Crippen molar-refractivity contribution in [3.05, 3.63) is 69.0 Å². The number of rotatable bonds is 6. The molecule has 1 N–H and O–H groups in total. The lowest BCUT2D eigenvalue weighted by Gasteiger charge is -2.15. The van der Waals surface area contributed by atoms with Gasteiger partial charge in [-0.25, -0.2) is 4.98 Å². The SMILES string of the molecule is CCn1c(C(C)NCc2ccc(Cl)c([N+](=O)[O-])c2)nc2ccccc21. The number of nitrogens with one attached hydrogen (secondary N) is 1. The summed E-state index contributed by atoms with van der Waals surface area (Å²) < 4.78 is 2.18. The van der Waals surface area contributed by atoms with Crippen LogP contribution in [0.2, 0.25) is 5.02 Å². The highest BCUT2D eigenvalue weighted by Crippen LogP contribution is 2.26. The van der Waals surface area contributed by atoms with Crippen LogP contribution in [0, 0.1) is 10.1 Å². The van der Waals surface area contributed by atoms with Crippen molar-refractivity contribution in [1.29, 1.82) is 0 Å². The van der Waals surface area contributed by atoms with Gasteiger partial charge in [0.25, 0.3) is 5.69 Å². The lowest BCUT2D eigenvalue weighted by molar-refractivity contribution is -0.384. The Morgan fingerprint density at radius 3 is 2.80 bits per heavy atom. The van der Waals surface area contributed by atoms with E-state index < -0.39 is 4.92 Å². The van der Waals surface area contributed by atoms with Crippen LogP contribution in [0.25, 0.3) is 11.0 Å². The van der Waals surface area contributed by atoms with Gasteiger partial charge < -0.3 is 9.88 Å². The maximum atomic E-state index is 11.0. The van der Waals surface area contributed by atoms with Gasteiger partial charge in [-0.05, 0) is 37.6 Å². The Morgan fingerprint density at radius 2 is 2.08 bits per heavy atom. The van der Waals surface area contributed by atoms with Gasteiger partial charge in [0.15, 0.2) is 0 Å². The summed E-state index contributed by atoms with van der Waals surface area (Å²) in [6, 6.07) is 12.9. The molecule has 130 valence electrons. The Morgan fingerprint density at radius 1 is 1.32 bits per heavy atom. The van der Waals surface area contributed by atoms with E-state index in [9.17, 15) is 10.1 Å². The lowest BCUT2D eigenvalue weighted by Crippen LogP contribution is -2.21. The van der Waals surface area contributed by atoms with Gasteiger partial charge in [-0.15, -0.1) is 0 Å². The minimum absolute atomic E-state index is 0.00193. The molecule has 0 saturated heterocycles. The second kappa shape index (κ2) is 7.21. The number of hydrogen-bond donors (Lipinski definition) is 1. The van der Waals surface area contributed by atoms with E-state index in [1.165, 1.54) is 6.07 Å². The molecule has 25 heavy (non-hydrogen) atoms. The predicted octanol–water partition coefficient (Wildman–Crippen LogP) is 4.47. The highest BCUT2D eigenvalue weighted by molar-refractivity contribution is 6.32. The minimum atomic E-state index is -0.466. The number of benzene rings is 2. The summed E-state index contributed by atoms with van der Waals surface area (Å²) in [4.78, 5) is 15.3. The first-order valence-electron chi connectivity index (χ1n) is 8.12. The molecule has 1 unspecified atom stereocenters. The molecule has 3 rings (SSSR count). The fourth-order valence-electron chi connectivity index (χ4n) is 2.93. The molecule has 0 aliphatic rings. The second-order valence-corrected chi connectivity index (χ2v) is 6.26. The summed E-state index contributed by atoms with van der Waals surface area (Å²) in [6.07, 6.45) is 0. The van der Waals surface area contributed by atoms with Crippen LogP contribution in [0.1, 0.15) is 31.3 Å². The summed E-state index contributed by atoms with van der Waals surface area (Å²) in [7, 11) is 0. The molecule has 1 atom stereocenters. The van der Waals surface area contributed by atoms with Gasteiger partial charge in [-0.2, -0.15) is 0 Å².